The van der Waals surface area contributed by atoms with Gasteiger partial charge in [-0.25, -0.2) is 8.42 Å². The predicted molar refractivity (Wildman–Crippen MR) is 99.2 cm³/mol. The number of hydrogen-bond donors (Lipinski definition) is 1. The van der Waals surface area contributed by atoms with Gasteiger partial charge in [0.15, 0.2) is 0 Å². The minimum atomic E-state index is -3.43. The molecule has 0 bridgehead atoms. The second-order valence-electron chi connectivity index (χ2n) is 7.63. The number of sulfonamides is 1. The van der Waals surface area contributed by atoms with Crippen molar-refractivity contribution in [2.24, 2.45) is 0 Å². The molecule has 1 aromatic carbocycles. The van der Waals surface area contributed by atoms with Crippen LogP contribution >= 0.6 is 0 Å². The lowest BCUT2D eigenvalue weighted by molar-refractivity contribution is 0.0468. The molecular formula is C19H30N2O3S. The summed E-state index contributed by atoms with van der Waals surface area (Å²) in [5, 5.41) is 9.66. The third kappa shape index (κ3) is 3.92. The molecule has 2 saturated heterocycles. The van der Waals surface area contributed by atoms with Crippen molar-refractivity contribution in [3.8, 4) is 0 Å². The maximum atomic E-state index is 13.1. The van der Waals surface area contributed by atoms with E-state index < -0.39 is 10.0 Å². The van der Waals surface area contributed by atoms with Gasteiger partial charge in [-0.1, -0.05) is 17.7 Å². The average molecular weight is 367 g/mol. The van der Waals surface area contributed by atoms with Crippen LogP contribution in [0.1, 0.15) is 42.4 Å². The number of aliphatic hydroxyl groups excluding tert-OH is 1. The van der Waals surface area contributed by atoms with Crippen LogP contribution in [0.25, 0.3) is 0 Å². The molecule has 0 amide bonds. The number of benzene rings is 1. The Kier molecular flexibility index (Phi) is 5.54. The first-order valence-corrected chi connectivity index (χ1v) is 10.7. The fraction of sp³-hybridized carbons (Fsp3) is 0.684. The topological polar surface area (TPSA) is 60.9 Å². The quantitative estimate of drug-likeness (QED) is 0.891. The monoisotopic (exact) mass is 366 g/mol. The SMILES string of the molecule is Cc1cc(C)c(S(=O)(=O)N2CCC(N3CCC(O)CC3)CC2)c(C)c1. The van der Waals surface area contributed by atoms with Crippen LogP contribution < -0.4 is 0 Å². The van der Waals surface area contributed by atoms with Crippen LogP contribution in [-0.4, -0.2) is 61.1 Å². The minimum absolute atomic E-state index is 0.163. The van der Waals surface area contributed by atoms with E-state index in [9.17, 15) is 13.5 Å². The molecule has 2 fully saturated rings. The van der Waals surface area contributed by atoms with Crippen LogP contribution in [0.2, 0.25) is 0 Å². The first-order chi connectivity index (χ1) is 11.8. The second-order valence-corrected chi connectivity index (χ2v) is 9.51. The van der Waals surface area contributed by atoms with Crippen molar-refractivity contribution in [2.45, 2.75) is 63.5 Å². The molecule has 2 aliphatic rings. The lowest BCUT2D eigenvalue weighted by atomic mass is 10.00. The summed E-state index contributed by atoms with van der Waals surface area (Å²) in [7, 11) is -3.43. The molecule has 1 aromatic rings. The maximum Gasteiger partial charge on any atom is 0.243 e. The molecule has 5 nitrogen and oxygen atoms in total. The zero-order valence-electron chi connectivity index (χ0n) is 15.5. The smallest absolute Gasteiger partial charge is 0.243 e. The molecule has 25 heavy (non-hydrogen) atoms. The maximum absolute atomic E-state index is 13.1. The van der Waals surface area contributed by atoms with Crippen LogP contribution in [0.15, 0.2) is 17.0 Å². The van der Waals surface area contributed by atoms with E-state index in [0.717, 1.165) is 55.5 Å². The van der Waals surface area contributed by atoms with Crippen molar-refractivity contribution in [3.05, 3.63) is 28.8 Å². The molecular weight excluding hydrogens is 336 g/mol. The summed E-state index contributed by atoms with van der Waals surface area (Å²) >= 11 is 0. The molecule has 0 aliphatic carbocycles. The van der Waals surface area contributed by atoms with Gasteiger partial charge >= 0.3 is 0 Å². The lowest BCUT2D eigenvalue weighted by Gasteiger charge is -2.40. The van der Waals surface area contributed by atoms with Gasteiger partial charge in [0.1, 0.15) is 0 Å². The van der Waals surface area contributed by atoms with Crippen LogP contribution in [-0.2, 0) is 10.0 Å². The van der Waals surface area contributed by atoms with E-state index in [-0.39, 0.29) is 6.10 Å². The van der Waals surface area contributed by atoms with Gasteiger partial charge < -0.3 is 10.0 Å². The molecule has 0 spiro atoms. The summed E-state index contributed by atoms with van der Waals surface area (Å²) in [6.07, 6.45) is 3.25. The highest BCUT2D eigenvalue weighted by molar-refractivity contribution is 7.89. The van der Waals surface area contributed by atoms with E-state index in [1.165, 1.54) is 0 Å². The van der Waals surface area contributed by atoms with Gasteiger partial charge in [0.25, 0.3) is 0 Å². The van der Waals surface area contributed by atoms with Crippen molar-refractivity contribution < 1.29 is 13.5 Å². The molecule has 140 valence electrons. The normalized spacial score (nSPS) is 22.4. The molecule has 0 saturated carbocycles. The van der Waals surface area contributed by atoms with Crippen molar-refractivity contribution in [1.29, 1.82) is 0 Å². The summed E-state index contributed by atoms with van der Waals surface area (Å²) in [6.45, 7) is 8.79. The summed E-state index contributed by atoms with van der Waals surface area (Å²) < 4.78 is 28.0. The van der Waals surface area contributed by atoms with Crippen LogP contribution in [0, 0.1) is 20.8 Å². The van der Waals surface area contributed by atoms with E-state index in [1.54, 1.807) is 4.31 Å². The van der Waals surface area contributed by atoms with Gasteiger partial charge in [-0.2, -0.15) is 4.31 Å². The van der Waals surface area contributed by atoms with Gasteiger partial charge in [0.2, 0.25) is 10.0 Å². The summed E-state index contributed by atoms with van der Waals surface area (Å²) in [5.41, 5.74) is 2.77. The highest BCUT2D eigenvalue weighted by Crippen LogP contribution is 2.29. The van der Waals surface area contributed by atoms with E-state index in [4.69, 9.17) is 0 Å². The number of hydrogen-bond acceptors (Lipinski definition) is 4. The molecule has 0 radical (unpaired) electrons. The van der Waals surface area contributed by atoms with E-state index in [0.29, 0.717) is 24.0 Å². The van der Waals surface area contributed by atoms with Crippen LogP contribution in [0.4, 0.5) is 0 Å². The number of nitrogens with zero attached hydrogens (tertiary/aromatic N) is 2. The molecule has 2 heterocycles. The first kappa shape index (κ1) is 18.8. The highest BCUT2D eigenvalue weighted by atomic mass is 32.2. The van der Waals surface area contributed by atoms with Gasteiger partial charge in [-0.05, 0) is 57.6 Å². The molecule has 3 rings (SSSR count). The Balaban J connectivity index is 1.70. The Morgan fingerprint density at radius 1 is 0.920 bits per heavy atom. The van der Waals surface area contributed by atoms with Crippen molar-refractivity contribution in [2.75, 3.05) is 26.2 Å². The molecule has 2 aliphatic heterocycles. The fourth-order valence-corrected chi connectivity index (χ4v) is 6.28. The summed E-state index contributed by atoms with van der Waals surface area (Å²) in [6, 6.07) is 4.34. The Hall–Kier alpha value is -0.950. The fourth-order valence-electron chi connectivity index (χ4n) is 4.40. The third-order valence-corrected chi connectivity index (χ3v) is 7.85. The Bertz CT molecular complexity index is 693. The van der Waals surface area contributed by atoms with Crippen LogP contribution in [0.5, 0.6) is 0 Å². The summed E-state index contributed by atoms with van der Waals surface area (Å²) in [5.74, 6) is 0. The van der Waals surface area contributed by atoms with Crippen LogP contribution in [0.3, 0.4) is 0 Å². The Morgan fingerprint density at radius 3 is 1.96 bits per heavy atom. The molecule has 1 N–H and O–H groups in total. The Morgan fingerprint density at radius 2 is 1.44 bits per heavy atom. The predicted octanol–water partition coefficient (Wildman–Crippen LogP) is 2.22. The first-order valence-electron chi connectivity index (χ1n) is 9.29. The second kappa shape index (κ2) is 7.35. The highest BCUT2D eigenvalue weighted by Gasteiger charge is 2.34. The Labute approximate surface area is 151 Å². The number of rotatable bonds is 3. The minimum Gasteiger partial charge on any atom is -0.393 e. The molecule has 6 heteroatoms. The largest absolute Gasteiger partial charge is 0.393 e. The number of aliphatic hydroxyl groups is 1. The molecule has 0 atom stereocenters. The van der Waals surface area contributed by atoms with Gasteiger partial charge in [-0.15, -0.1) is 0 Å². The molecule has 0 aromatic heterocycles. The third-order valence-electron chi connectivity index (χ3n) is 5.64. The number of likely N-dealkylation sites (tertiary alicyclic amines) is 1. The average Bonchev–Trinajstić information content (AvgIpc) is 2.54. The van der Waals surface area contributed by atoms with Gasteiger partial charge in [0.05, 0.1) is 11.0 Å². The number of aryl methyl sites for hydroxylation is 3. The van der Waals surface area contributed by atoms with Gasteiger partial charge in [0, 0.05) is 32.2 Å². The van der Waals surface area contributed by atoms with Crippen molar-refractivity contribution in [3.63, 3.8) is 0 Å². The zero-order chi connectivity index (χ0) is 18.2. The van der Waals surface area contributed by atoms with Crippen molar-refractivity contribution in [1.82, 2.24) is 9.21 Å². The summed E-state index contributed by atoms with van der Waals surface area (Å²) in [4.78, 5) is 2.91. The van der Waals surface area contributed by atoms with E-state index in [1.807, 2.05) is 32.9 Å². The molecule has 0 unspecified atom stereocenters. The standard InChI is InChI=1S/C19H30N2O3S/c1-14-12-15(2)19(16(3)13-14)25(23,24)21-10-4-17(5-11-21)20-8-6-18(22)7-9-20/h12-13,17-18,22H,4-11H2,1-3H3. The van der Waals surface area contributed by atoms with Gasteiger partial charge in [-0.3, -0.25) is 0 Å². The number of piperidine rings is 2. The zero-order valence-corrected chi connectivity index (χ0v) is 16.3. The van der Waals surface area contributed by atoms with Crippen molar-refractivity contribution >= 4 is 10.0 Å². The van der Waals surface area contributed by atoms with E-state index in [2.05, 4.69) is 4.90 Å². The van der Waals surface area contributed by atoms with E-state index >= 15 is 0 Å². The lowest BCUT2D eigenvalue weighted by Crippen LogP contribution is -2.49.